The molecule has 0 aliphatic carbocycles. The van der Waals surface area contributed by atoms with E-state index >= 15 is 0 Å². The van der Waals surface area contributed by atoms with E-state index in [2.05, 4.69) is 17.0 Å². The minimum absolute atomic E-state index is 0.326. The van der Waals surface area contributed by atoms with Crippen molar-refractivity contribution in [2.24, 2.45) is 7.05 Å². The van der Waals surface area contributed by atoms with Crippen molar-refractivity contribution in [1.82, 2.24) is 19.5 Å². The Balaban J connectivity index is 2.68. The van der Waals surface area contributed by atoms with Crippen LogP contribution in [0.15, 0.2) is 17.2 Å². The minimum atomic E-state index is -3.41. The van der Waals surface area contributed by atoms with Crippen LogP contribution < -0.4 is 10.0 Å². The van der Waals surface area contributed by atoms with E-state index in [4.69, 9.17) is 0 Å². The molecular weight excluding hydrogens is 276 g/mol. The fourth-order valence-corrected chi connectivity index (χ4v) is 2.89. The van der Waals surface area contributed by atoms with Crippen molar-refractivity contribution in [3.63, 3.8) is 0 Å². The van der Waals surface area contributed by atoms with Crippen LogP contribution in [-0.2, 0) is 23.6 Å². The molecule has 0 bridgehead atoms. The predicted octanol–water partition coefficient (Wildman–Crippen LogP) is 0.365. The van der Waals surface area contributed by atoms with Crippen molar-refractivity contribution in [1.29, 1.82) is 0 Å². The molecule has 1 aromatic rings. The lowest BCUT2D eigenvalue weighted by Gasteiger charge is -2.10. The summed E-state index contributed by atoms with van der Waals surface area (Å²) < 4.78 is 28.8. The van der Waals surface area contributed by atoms with E-state index in [0.717, 1.165) is 18.7 Å². The zero-order valence-electron chi connectivity index (χ0n) is 12.8. The molecule has 0 fully saturated rings. The summed E-state index contributed by atoms with van der Waals surface area (Å²) in [6.07, 6.45) is 2.71. The fraction of sp³-hybridized carbons (Fsp3) is 0.692. The van der Waals surface area contributed by atoms with Gasteiger partial charge in [0.15, 0.2) is 0 Å². The Morgan fingerprint density at radius 2 is 2.00 bits per heavy atom. The summed E-state index contributed by atoms with van der Waals surface area (Å²) in [4.78, 5) is 2.26. The molecule has 2 N–H and O–H groups in total. The van der Waals surface area contributed by atoms with Gasteiger partial charge in [-0.05, 0) is 33.1 Å². The average molecular weight is 302 g/mol. The second-order valence-electron chi connectivity index (χ2n) is 5.16. The number of sulfonamides is 1. The first-order chi connectivity index (χ1) is 9.36. The van der Waals surface area contributed by atoms with Crippen molar-refractivity contribution in [2.45, 2.75) is 24.8 Å². The lowest BCUT2D eigenvalue weighted by atomic mass is 10.4. The lowest BCUT2D eigenvalue weighted by Crippen LogP contribution is -2.31. The van der Waals surface area contributed by atoms with Crippen molar-refractivity contribution in [3.8, 4) is 0 Å². The Kier molecular flexibility index (Phi) is 6.67. The van der Waals surface area contributed by atoms with Crippen LogP contribution in [-0.4, -0.2) is 51.6 Å². The molecule has 0 atom stereocenters. The van der Waals surface area contributed by atoms with Gasteiger partial charge < -0.3 is 14.8 Å². The lowest BCUT2D eigenvalue weighted by molar-refractivity contribution is 0.412. The van der Waals surface area contributed by atoms with E-state index in [1.54, 1.807) is 12.3 Å². The molecule has 1 rings (SSSR count). The number of nitrogens with one attached hydrogen (secondary N) is 2. The topological polar surface area (TPSA) is 66.4 Å². The normalized spacial score (nSPS) is 12.2. The molecule has 1 heterocycles. The van der Waals surface area contributed by atoms with Gasteiger partial charge in [0.1, 0.15) is 0 Å². The zero-order chi connectivity index (χ0) is 15.2. The summed E-state index contributed by atoms with van der Waals surface area (Å²) in [6.45, 7) is 4.79. The highest BCUT2D eigenvalue weighted by molar-refractivity contribution is 7.89. The highest BCUT2D eigenvalue weighted by Gasteiger charge is 2.16. The fourth-order valence-electron chi connectivity index (χ4n) is 1.78. The summed E-state index contributed by atoms with van der Waals surface area (Å²) in [6, 6.07) is 1.72. The molecule has 7 heteroatoms. The molecule has 0 saturated heterocycles. The second-order valence-corrected chi connectivity index (χ2v) is 6.92. The van der Waals surface area contributed by atoms with Crippen LogP contribution in [0.4, 0.5) is 0 Å². The molecule has 0 spiro atoms. The number of likely N-dealkylation sites (N-methyl/N-ethyl adjacent to an activating group) is 1. The quantitative estimate of drug-likeness (QED) is 0.647. The Bertz CT molecular complexity index is 508. The Morgan fingerprint density at radius 1 is 1.30 bits per heavy atom. The highest BCUT2D eigenvalue weighted by Crippen LogP contribution is 2.13. The van der Waals surface area contributed by atoms with Gasteiger partial charge in [-0.2, -0.15) is 0 Å². The maximum atomic E-state index is 12.1. The SMILES string of the molecule is CCCNCc1cc(S(=O)(=O)NCCN(C)C)cn1C. The van der Waals surface area contributed by atoms with Gasteiger partial charge in [-0.3, -0.25) is 0 Å². The molecule has 0 aliphatic rings. The minimum Gasteiger partial charge on any atom is -0.352 e. The zero-order valence-corrected chi connectivity index (χ0v) is 13.6. The van der Waals surface area contributed by atoms with Gasteiger partial charge in [-0.1, -0.05) is 6.92 Å². The van der Waals surface area contributed by atoms with E-state index in [9.17, 15) is 8.42 Å². The number of aromatic nitrogens is 1. The summed E-state index contributed by atoms with van der Waals surface area (Å²) in [7, 11) is 2.27. The van der Waals surface area contributed by atoms with Crippen molar-refractivity contribution < 1.29 is 8.42 Å². The van der Waals surface area contributed by atoms with Gasteiger partial charge in [0, 0.05) is 38.6 Å². The van der Waals surface area contributed by atoms with Crippen molar-refractivity contribution in [3.05, 3.63) is 18.0 Å². The number of nitrogens with zero attached hydrogens (tertiary/aromatic N) is 2. The second kappa shape index (κ2) is 7.78. The van der Waals surface area contributed by atoms with E-state index in [1.165, 1.54) is 0 Å². The third kappa shape index (κ3) is 5.24. The van der Waals surface area contributed by atoms with E-state index in [0.29, 0.717) is 24.5 Å². The van der Waals surface area contributed by atoms with Crippen LogP contribution in [0.1, 0.15) is 19.0 Å². The molecule has 20 heavy (non-hydrogen) atoms. The van der Waals surface area contributed by atoms with Gasteiger partial charge in [-0.25, -0.2) is 13.1 Å². The molecule has 0 amide bonds. The van der Waals surface area contributed by atoms with Crippen LogP contribution in [0.3, 0.4) is 0 Å². The first-order valence-electron chi connectivity index (χ1n) is 6.87. The third-order valence-corrected chi connectivity index (χ3v) is 4.41. The summed E-state index contributed by atoms with van der Waals surface area (Å²) >= 11 is 0. The van der Waals surface area contributed by atoms with Gasteiger partial charge >= 0.3 is 0 Å². The number of hydrogen-bond acceptors (Lipinski definition) is 4. The number of rotatable bonds is 9. The van der Waals surface area contributed by atoms with E-state index in [-0.39, 0.29) is 0 Å². The van der Waals surface area contributed by atoms with E-state index < -0.39 is 10.0 Å². The summed E-state index contributed by atoms with van der Waals surface area (Å²) in [5.74, 6) is 0. The Morgan fingerprint density at radius 3 is 2.60 bits per heavy atom. The summed E-state index contributed by atoms with van der Waals surface area (Å²) in [5, 5.41) is 3.27. The van der Waals surface area contributed by atoms with Crippen molar-refractivity contribution >= 4 is 10.0 Å². The first kappa shape index (κ1) is 17.2. The molecule has 6 nitrogen and oxygen atoms in total. The molecule has 0 unspecified atom stereocenters. The van der Waals surface area contributed by atoms with Crippen LogP contribution in [0.5, 0.6) is 0 Å². The predicted molar refractivity (Wildman–Crippen MR) is 81.2 cm³/mol. The van der Waals surface area contributed by atoms with Gasteiger partial charge in [-0.15, -0.1) is 0 Å². The smallest absolute Gasteiger partial charge is 0.242 e. The van der Waals surface area contributed by atoms with Gasteiger partial charge in [0.25, 0.3) is 0 Å². The molecule has 0 saturated carbocycles. The Hall–Kier alpha value is -0.890. The molecule has 116 valence electrons. The maximum Gasteiger partial charge on any atom is 0.242 e. The van der Waals surface area contributed by atoms with Crippen LogP contribution in [0.25, 0.3) is 0 Å². The highest BCUT2D eigenvalue weighted by atomic mass is 32.2. The van der Waals surface area contributed by atoms with Crippen LogP contribution in [0.2, 0.25) is 0 Å². The maximum absolute atomic E-state index is 12.1. The molecule has 0 aromatic carbocycles. The first-order valence-corrected chi connectivity index (χ1v) is 8.35. The van der Waals surface area contributed by atoms with Gasteiger partial charge in [0.2, 0.25) is 10.0 Å². The summed E-state index contributed by atoms with van der Waals surface area (Å²) in [5.41, 5.74) is 0.964. The number of aryl methyl sites for hydroxylation is 1. The molecule has 0 aliphatic heterocycles. The average Bonchev–Trinajstić information content (AvgIpc) is 2.71. The number of hydrogen-bond donors (Lipinski definition) is 2. The molecular formula is C13H26N4O2S. The van der Waals surface area contributed by atoms with Gasteiger partial charge in [0.05, 0.1) is 4.90 Å². The standard InChI is InChI=1S/C13H26N4O2S/c1-5-6-14-10-12-9-13(11-17(12)4)20(18,19)15-7-8-16(2)3/h9,11,14-15H,5-8,10H2,1-4H3. The largest absolute Gasteiger partial charge is 0.352 e. The van der Waals surface area contributed by atoms with Crippen molar-refractivity contribution in [2.75, 3.05) is 33.7 Å². The van der Waals surface area contributed by atoms with E-state index in [1.807, 2.05) is 30.6 Å². The monoisotopic (exact) mass is 302 g/mol. The van der Waals surface area contributed by atoms with Crippen LogP contribution >= 0.6 is 0 Å². The molecule has 1 aromatic heterocycles. The Labute approximate surface area is 122 Å². The van der Waals surface area contributed by atoms with Crippen LogP contribution in [0, 0.1) is 0 Å². The molecule has 0 radical (unpaired) electrons. The third-order valence-electron chi connectivity index (χ3n) is 2.98.